The van der Waals surface area contributed by atoms with Gasteiger partial charge in [0.2, 0.25) is 0 Å². The van der Waals surface area contributed by atoms with Gasteiger partial charge in [-0.2, -0.15) is 0 Å². The van der Waals surface area contributed by atoms with E-state index in [9.17, 15) is 13.2 Å². The van der Waals surface area contributed by atoms with E-state index in [1.807, 2.05) is 36.4 Å². The molecular formula is C21H18F3NO2. The van der Waals surface area contributed by atoms with Crippen molar-refractivity contribution in [3.05, 3.63) is 83.9 Å². The average molecular weight is 373 g/mol. The van der Waals surface area contributed by atoms with Gasteiger partial charge in [-0.05, 0) is 23.3 Å². The van der Waals surface area contributed by atoms with Gasteiger partial charge in [0.25, 0.3) is 0 Å². The lowest BCUT2D eigenvalue weighted by Crippen LogP contribution is -2.18. The molecule has 0 atom stereocenters. The first-order chi connectivity index (χ1) is 13.0. The Morgan fingerprint density at radius 1 is 0.815 bits per heavy atom. The second kappa shape index (κ2) is 8.14. The summed E-state index contributed by atoms with van der Waals surface area (Å²) < 4.78 is 48.1. The highest BCUT2D eigenvalue weighted by atomic mass is 19.4. The van der Waals surface area contributed by atoms with E-state index in [4.69, 9.17) is 10.5 Å². The Morgan fingerprint density at radius 2 is 1.52 bits per heavy atom. The molecule has 3 aromatic carbocycles. The quantitative estimate of drug-likeness (QED) is 0.639. The van der Waals surface area contributed by atoms with Crippen molar-refractivity contribution in [2.24, 2.45) is 5.73 Å². The lowest BCUT2D eigenvalue weighted by atomic mass is 10.0. The zero-order valence-corrected chi connectivity index (χ0v) is 14.4. The highest BCUT2D eigenvalue weighted by Gasteiger charge is 2.32. The summed E-state index contributed by atoms with van der Waals surface area (Å²) in [7, 11) is 0. The number of para-hydroxylation sites is 1. The summed E-state index contributed by atoms with van der Waals surface area (Å²) in [5, 5.41) is 0. The molecular weight excluding hydrogens is 355 g/mol. The highest BCUT2D eigenvalue weighted by Crippen LogP contribution is 2.35. The number of hydrogen-bond acceptors (Lipinski definition) is 3. The van der Waals surface area contributed by atoms with Crippen molar-refractivity contribution in [3.8, 4) is 22.6 Å². The van der Waals surface area contributed by atoms with Gasteiger partial charge in [-0.25, -0.2) is 0 Å². The number of alkyl halides is 3. The zero-order valence-electron chi connectivity index (χ0n) is 14.4. The van der Waals surface area contributed by atoms with Gasteiger partial charge in [-0.15, -0.1) is 13.2 Å². The first kappa shape index (κ1) is 18.8. The predicted molar refractivity (Wildman–Crippen MR) is 97.2 cm³/mol. The first-order valence-electron chi connectivity index (χ1n) is 8.31. The fraction of sp³-hybridized carbons (Fsp3) is 0.143. The lowest BCUT2D eigenvalue weighted by Gasteiger charge is -2.16. The highest BCUT2D eigenvalue weighted by molar-refractivity contribution is 5.72. The average Bonchev–Trinajstić information content (AvgIpc) is 2.66. The van der Waals surface area contributed by atoms with Crippen molar-refractivity contribution in [1.82, 2.24) is 0 Å². The van der Waals surface area contributed by atoms with E-state index in [0.29, 0.717) is 23.5 Å². The Morgan fingerprint density at radius 3 is 2.22 bits per heavy atom. The van der Waals surface area contributed by atoms with E-state index in [2.05, 4.69) is 4.74 Å². The van der Waals surface area contributed by atoms with Crippen molar-refractivity contribution in [2.75, 3.05) is 0 Å². The van der Waals surface area contributed by atoms with E-state index < -0.39 is 6.36 Å². The van der Waals surface area contributed by atoms with E-state index in [0.717, 1.165) is 5.56 Å². The molecule has 0 heterocycles. The number of hydrogen-bond donors (Lipinski definition) is 1. The van der Waals surface area contributed by atoms with Crippen LogP contribution >= 0.6 is 0 Å². The molecule has 0 amide bonds. The number of rotatable bonds is 6. The van der Waals surface area contributed by atoms with E-state index in [1.54, 1.807) is 24.3 Å². The third kappa shape index (κ3) is 5.01. The Kier molecular flexibility index (Phi) is 5.66. The van der Waals surface area contributed by atoms with Crippen LogP contribution in [-0.4, -0.2) is 6.36 Å². The third-order valence-corrected chi connectivity index (χ3v) is 3.95. The molecule has 0 radical (unpaired) electrons. The van der Waals surface area contributed by atoms with Gasteiger partial charge in [0, 0.05) is 17.7 Å². The molecule has 3 rings (SSSR count). The Hall–Kier alpha value is -2.99. The van der Waals surface area contributed by atoms with Crippen LogP contribution in [0.5, 0.6) is 11.5 Å². The SMILES string of the molecule is NCc1ccc(-c2ccccc2OCc2ccccc2)cc1OC(F)(F)F. The Balaban J connectivity index is 1.91. The van der Waals surface area contributed by atoms with Crippen LogP contribution in [0.15, 0.2) is 72.8 Å². The van der Waals surface area contributed by atoms with Crippen LogP contribution in [0.25, 0.3) is 11.1 Å². The van der Waals surface area contributed by atoms with Crippen molar-refractivity contribution >= 4 is 0 Å². The van der Waals surface area contributed by atoms with Crippen LogP contribution < -0.4 is 15.2 Å². The van der Waals surface area contributed by atoms with Crippen LogP contribution in [0.1, 0.15) is 11.1 Å². The maximum absolute atomic E-state index is 12.7. The third-order valence-electron chi connectivity index (χ3n) is 3.95. The van der Waals surface area contributed by atoms with Gasteiger partial charge in [0.05, 0.1) is 0 Å². The van der Waals surface area contributed by atoms with Gasteiger partial charge in [0.15, 0.2) is 0 Å². The Bertz CT molecular complexity index is 895. The summed E-state index contributed by atoms with van der Waals surface area (Å²) in [6.07, 6.45) is -4.79. The van der Waals surface area contributed by atoms with Crippen molar-refractivity contribution in [3.63, 3.8) is 0 Å². The molecule has 0 bridgehead atoms. The van der Waals surface area contributed by atoms with Crippen LogP contribution in [-0.2, 0) is 13.2 Å². The summed E-state index contributed by atoms with van der Waals surface area (Å²) in [5.74, 6) is 0.264. The molecule has 2 N–H and O–H groups in total. The monoisotopic (exact) mass is 373 g/mol. The molecule has 3 nitrogen and oxygen atoms in total. The Labute approximate surface area is 155 Å². The number of benzene rings is 3. The van der Waals surface area contributed by atoms with Gasteiger partial charge >= 0.3 is 6.36 Å². The first-order valence-corrected chi connectivity index (χ1v) is 8.31. The maximum atomic E-state index is 12.7. The molecule has 0 saturated heterocycles. The number of nitrogens with two attached hydrogens (primary N) is 1. The van der Waals surface area contributed by atoms with Crippen LogP contribution in [0.4, 0.5) is 13.2 Å². The summed E-state index contributed by atoms with van der Waals surface area (Å²) in [4.78, 5) is 0. The topological polar surface area (TPSA) is 44.5 Å². The fourth-order valence-corrected chi connectivity index (χ4v) is 2.68. The molecule has 6 heteroatoms. The predicted octanol–water partition coefficient (Wildman–Crippen LogP) is 5.29. The smallest absolute Gasteiger partial charge is 0.488 e. The van der Waals surface area contributed by atoms with Crippen molar-refractivity contribution in [2.45, 2.75) is 19.5 Å². The zero-order chi connectivity index (χ0) is 19.3. The normalized spacial score (nSPS) is 11.3. The standard InChI is InChI=1S/C21H18F3NO2/c22-21(23,24)27-20-12-16(10-11-17(20)13-25)18-8-4-5-9-19(18)26-14-15-6-2-1-3-7-15/h1-12H,13-14,25H2. The van der Waals surface area contributed by atoms with E-state index in [1.165, 1.54) is 12.1 Å². The molecule has 0 aliphatic rings. The molecule has 140 valence electrons. The summed E-state index contributed by atoms with van der Waals surface area (Å²) in [6.45, 7) is 0.294. The minimum atomic E-state index is -4.79. The van der Waals surface area contributed by atoms with Crippen LogP contribution in [0.2, 0.25) is 0 Å². The number of ether oxygens (including phenoxy) is 2. The minimum Gasteiger partial charge on any atom is -0.488 e. The summed E-state index contributed by atoms with van der Waals surface area (Å²) >= 11 is 0. The van der Waals surface area contributed by atoms with Crippen LogP contribution in [0.3, 0.4) is 0 Å². The second-order valence-corrected chi connectivity index (χ2v) is 5.84. The molecule has 0 fully saturated rings. The van der Waals surface area contributed by atoms with Gasteiger partial charge < -0.3 is 15.2 Å². The lowest BCUT2D eigenvalue weighted by molar-refractivity contribution is -0.274. The summed E-state index contributed by atoms with van der Waals surface area (Å²) in [5.41, 5.74) is 8.02. The second-order valence-electron chi connectivity index (χ2n) is 5.84. The molecule has 0 unspecified atom stereocenters. The molecule has 0 aromatic heterocycles. The molecule has 0 aliphatic carbocycles. The molecule has 0 aliphatic heterocycles. The van der Waals surface area contributed by atoms with Gasteiger partial charge in [0.1, 0.15) is 18.1 Å². The molecule has 27 heavy (non-hydrogen) atoms. The molecule has 3 aromatic rings. The van der Waals surface area contributed by atoms with Gasteiger partial charge in [-0.3, -0.25) is 0 Å². The molecule has 0 saturated carbocycles. The largest absolute Gasteiger partial charge is 0.573 e. The number of halogens is 3. The van der Waals surface area contributed by atoms with Crippen LogP contribution in [0, 0.1) is 0 Å². The van der Waals surface area contributed by atoms with Crippen molar-refractivity contribution < 1.29 is 22.6 Å². The van der Waals surface area contributed by atoms with Gasteiger partial charge in [-0.1, -0.05) is 60.7 Å². The maximum Gasteiger partial charge on any atom is 0.573 e. The van der Waals surface area contributed by atoms with Crippen molar-refractivity contribution in [1.29, 1.82) is 0 Å². The summed E-state index contributed by atoms with van der Waals surface area (Å²) in [6, 6.07) is 21.4. The minimum absolute atomic E-state index is 0.0577. The molecule has 0 spiro atoms. The fourth-order valence-electron chi connectivity index (χ4n) is 2.68. The van der Waals surface area contributed by atoms with E-state index in [-0.39, 0.29) is 17.9 Å². The van der Waals surface area contributed by atoms with E-state index >= 15 is 0 Å².